The van der Waals surface area contributed by atoms with Crippen LogP contribution in [0.4, 0.5) is 15.5 Å². The van der Waals surface area contributed by atoms with Gasteiger partial charge in [-0.2, -0.15) is 10.1 Å². The van der Waals surface area contributed by atoms with Crippen molar-refractivity contribution >= 4 is 46.7 Å². The highest BCUT2D eigenvalue weighted by Crippen LogP contribution is 2.41. The molecule has 0 radical (unpaired) electrons. The van der Waals surface area contributed by atoms with Gasteiger partial charge in [-0.15, -0.1) is 4.90 Å². The van der Waals surface area contributed by atoms with E-state index in [-0.39, 0.29) is 24.0 Å². The summed E-state index contributed by atoms with van der Waals surface area (Å²) in [6, 6.07) is 0. The topological polar surface area (TPSA) is 139 Å². The van der Waals surface area contributed by atoms with Crippen molar-refractivity contribution in [1.82, 2.24) is 24.7 Å². The van der Waals surface area contributed by atoms with Gasteiger partial charge in [0.25, 0.3) is 0 Å². The Hall–Kier alpha value is -3.74. The van der Waals surface area contributed by atoms with Gasteiger partial charge in [-0.25, -0.2) is 19.3 Å². The number of rotatable bonds is 4. The van der Waals surface area contributed by atoms with Crippen LogP contribution in [0.25, 0.3) is 11.0 Å². The number of imide groups is 1. The van der Waals surface area contributed by atoms with Gasteiger partial charge in [0.15, 0.2) is 11.4 Å². The number of ether oxygens (including phenoxy) is 3. The highest BCUT2D eigenvalue weighted by atomic mass is 32.2. The zero-order valence-electron chi connectivity index (χ0n) is 26.0. The minimum atomic E-state index is -0.995. The van der Waals surface area contributed by atoms with E-state index in [1.807, 2.05) is 27.7 Å². The first kappa shape index (κ1) is 31.2. The van der Waals surface area contributed by atoms with Crippen molar-refractivity contribution in [2.45, 2.75) is 97.4 Å². The zero-order chi connectivity index (χ0) is 31.4. The molecule has 13 heteroatoms. The molecule has 4 rings (SSSR count). The standard InChI is InChI=1S/C29H38N6O6S/c1-15-12-30-17(16(2)20(15)39-11)13-34-22-19-21(33-34)29(9,10)18(36)14-42-23(19)32-24(31-22)35(25(37)40-27(3,4)5)26(38)41-28(6,7)8/h12H,13-14H2,1-11H3. The smallest absolute Gasteiger partial charge is 0.427 e. The number of Topliss-reactive ketones (excluding diaryl/α,β-unsaturated/α-hetero) is 1. The largest absolute Gasteiger partial charge is 0.496 e. The molecule has 0 saturated carbocycles. The highest BCUT2D eigenvalue weighted by molar-refractivity contribution is 8.00. The van der Waals surface area contributed by atoms with E-state index < -0.39 is 28.8 Å². The Morgan fingerprint density at radius 3 is 2.19 bits per heavy atom. The molecule has 4 heterocycles. The SMILES string of the molecule is COc1c(C)cnc(Cn2nc3c4c(nc(N(C(=O)OC(C)(C)C)C(=O)OC(C)(C)C)nc42)SCC(=O)C3(C)C)c1C. The van der Waals surface area contributed by atoms with Crippen molar-refractivity contribution in [3.63, 3.8) is 0 Å². The van der Waals surface area contributed by atoms with Gasteiger partial charge in [0.05, 0.1) is 41.6 Å². The molecule has 3 aromatic rings. The van der Waals surface area contributed by atoms with E-state index in [0.717, 1.165) is 11.1 Å². The molecule has 12 nitrogen and oxygen atoms in total. The zero-order valence-corrected chi connectivity index (χ0v) is 26.8. The molecule has 0 N–H and O–H groups in total. The van der Waals surface area contributed by atoms with Gasteiger partial charge < -0.3 is 14.2 Å². The normalized spacial score (nSPS) is 14.9. The Labute approximate surface area is 249 Å². The monoisotopic (exact) mass is 598 g/mol. The third-order valence-electron chi connectivity index (χ3n) is 6.58. The fourth-order valence-electron chi connectivity index (χ4n) is 4.45. The molecule has 0 bridgehead atoms. The first-order valence-electron chi connectivity index (χ1n) is 13.5. The van der Waals surface area contributed by atoms with Crippen molar-refractivity contribution in [1.29, 1.82) is 0 Å². The van der Waals surface area contributed by atoms with E-state index in [1.165, 1.54) is 11.8 Å². The number of hydrogen-bond acceptors (Lipinski definition) is 11. The Balaban J connectivity index is 1.97. The van der Waals surface area contributed by atoms with Crippen molar-refractivity contribution in [3.05, 3.63) is 28.7 Å². The summed E-state index contributed by atoms with van der Waals surface area (Å²) in [5, 5.41) is 5.84. The third kappa shape index (κ3) is 6.06. The average Bonchev–Trinajstić information content (AvgIpc) is 3.17. The second-order valence-electron chi connectivity index (χ2n) is 12.7. The Morgan fingerprint density at radius 2 is 1.64 bits per heavy atom. The van der Waals surface area contributed by atoms with Crippen molar-refractivity contribution in [2.75, 3.05) is 17.8 Å². The summed E-state index contributed by atoms with van der Waals surface area (Å²) < 4.78 is 18.3. The summed E-state index contributed by atoms with van der Waals surface area (Å²) in [6.45, 7) is 17.8. The molecule has 0 aliphatic carbocycles. The van der Waals surface area contributed by atoms with Crippen LogP contribution in [-0.4, -0.2) is 66.8 Å². The van der Waals surface area contributed by atoms with Crippen LogP contribution < -0.4 is 9.64 Å². The van der Waals surface area contributed by atoms with Crippen LogP contribution >= 0.6 is 11.8 Å². The fourth-order valence-corrected chi connectivity index (χ4v) is 5.56. The molecule has 0 aromatic carbocycles. The minimum absolute atomic E-state index is 0.0407. The molecular formula is C29H38N6O6S. The van der Waals surface area contributed by atoms with E-state index in [9.17, 15) is 14.4 Å². The maximum absolute atomic E-state index is 13.4. The number of carbonyl (C=O) groups excluding carboxylic acids is 3. The van der Waals surface area contributed by atoms with Gasteiger partial charge in [-0.1, -0.05) is 11.8 Å². The first-order chi connectivity index (χ1) is 19.3. The third-order valence-corrected chi connectivity index (χ3v) is 7.55. The van der Waals surface area contributed by atoms with Gasteiger partial charge in [0.2, 0.25) is 5.95 Å². The van der Waals surface area contributed by atoms with E-state index >= 15 is 0 Å². The second kappa shape index (κ2) is 10.8. The Bertz CT molecular complexity index is 1560. The summed E-state index contributed by atoms with van der Waals surface area (Å²) in [5.74, 6) is 0.547. The van der Waals surface area contributed by atoms with Gasteiger partial charge in [-0.05, 0) is 69.2 Å². The van der Waals surface area contributed by atoms with E-state index in [1.54, 1.807) is 59.5 Å². The lowest BCUT2D eigenvalue weighted by molar-refractivity contribution is -0.121. The number of thioether (sulfide) groups is 1. The van der Waals surface area contributed by atoms with E-state index in [0.29, 0.717) is 38.1 Å². The summed E-state index contributed by atoms with van der Waals surface area (Å²) in [6.07, 6.45) is -0.269. The number of pyridine rings is 1. The van der Waals surface area contributed by atoms with E-state index in [2.05, 4.69) is 15.0 Å². The van der Waals surface area contributed by atoms with Crippen LogP contribution in [-0.2, 0) is 26.2 Å². The Kier molecular flexibility index (Phi) is 8.04. The molecule has 226 valence electrons. The molecule has 0 unspecified atom stereocenters. The summed E-state index contributed by atoms with van der Waals surface area (Å²) in [7, 11) is 1.60. The number of aryl methyl sites for hydroxylation is 1. The number of ketones is 1. The summed E-state index contributed by atoms with van der Waals surface area (Å²) >= 11 is 1.20. The van der Waals surface area contributed by atoms with Gasteiger partial charge in [0.1, 0.15) is 22.0 Å². The molecule has 0 saturated heterocycles. The van der Waals surface area contributed by atoms with Crippen molar-refractivity contribution in [2.24, 2.45) is 0 Å². The van der Waals surface area contributed by atoms with Gasteiger partial charge in [0, 0.05) is 17.3 Å². The van der Waals surface area contributed by atoms with Crippen molar-refractivity contribution in [3.8, 4) is 5.75 Å². The molecule has 0 fully saturated rings. The van der Waals surface area contributed by atoms with Crippen molar-refractivity contribution < 1.29 is 28.6 Å². The number of methoxy groups -OCH3 is 1. The molecule has 3 aromatic heterocycles. The molecule has 1 aliphatic rings. The number of carbonyl (C=O) groups is 3. The number of aromatic nitrogens is 5. The molecular weight excluding hydrogens is 560 g/mol. The lowest BCUT2D eigenvalue weighted by Gasteiger charge is -2.27. The summed E-state index contributed by atoms with van der Waals surface area (Å²) in [4.78, 5) is 54.6. The quantitative estimate of drug-likeness (QED) is 0.351. The predicted molar refractivity (Wildman–Crippen MR) is 158 cm³/mol. The molecule has 0 atom stereocenters. The van der Waals surface area contributed by atoms with Crippen LogP contribution in [0.15, 0.2) is 11.2 Å². The highest BCUT2D eigenvalue weighted by Gasteiger charge is 2.41. The molecule has 2 amide bonds. The fraction of sp³-hybridized carbons (Fsp3) is 0.552. The maximum atomic E-state index is 13.4. The van der Waals surface area contributed by atoms with Crippen LogP contribution in [0.1, 0.15) is 77.9 Å². The minimum Gasteiger partial charge on any atom is -0.496 e. The predicted octanol–water partition coefficient (Wildman–Crippen LogP) is 5.52. The number of amides is 2. The summed E-state index contributed by atoms with van der Waals surface area (Å²) in [5.41, 5.74) is 0.473. The Morgan fingerprint density at radius 1 is 1.05 bits per heavy atom. The molecule has 0 spiro atoms. The van der Waals surface area contributed by atoms with Crippen LogP contribution in [0.3, 0.4) is 0 Å². The molecule has 1 aliphatic heterocycles. The van der Waals surface area contributed by atoms with Gasteiger partial charge >= 0.3 is 12.2 Å². The van der Waals surface area contributed by atoms with Gasteiger partial charge in [-0.3, -0.25) is 9.78 Å². The van der Waals surface area contributed by atoms with Crippen LogP contribution in [0.2, 0.25) is 0 Å². The van der Waals surface area contributed by atoms with Crippen LogP contribution in [0, 0.1) is 13.8 Å². The molecule has 42 heavy (non-hydrogen) atoms. The number of anilines is 1. The van der Waals surface area contributed by atoms with Crippen LogP contribution in [0.5, 0.6) is 5.75 Å². The lowest BCUT2D eigenvalue weighted by atomic mass is 9.84. The average molecular weight is 599 g/mol. The number of nitrogens with zero attached hydrogens (tertiary/aromatic N) is 6. The lowest BCUT2D eigenvalue weighted by Crippen LogP contribution is -2.44. The second-order valence-corrected chi connectivity index (χ2v) is 13.7. The number of hydrogen-bond donors (Lipinski definition) is 0. The maximum Gasteiger partial charge on any atom is 0.427 e. The first-order valence-corrected chi connectivity index (χ1v) is 14.5. The van der Waals surface area contributed by atoms with E-state index in [4.69, 9.17) is 19.3 Å².